The molecule has 1 aromatic rings. The topological polar surface area (TPSA) is 38.5 Å². The van der Waals surface area contributed by atoms with E-state index in [-0.39, 0.29) is 0 Å². The molecule has 0 atom stereocenters. The molecule has 0 bridgehead atoms. The Labute approximate surface area is 104 Å². The lowest BCUT2D eigenvalue weighted by Crippen LogP contribution is -2.37. The molecule has 17 heavy (non-hydrogen) atoms. The number of methoxy groups -OCH3 is 1. The van der Waals surface area contributed by atoms with Crippen molar-refractivity contribution in [3.63, 3.8) is 0 Å². The Morgan fingerprint density at radius 3 is 2.47 bits per heavy atom. The lowest BCUT2D eigenvalue weighted by Gasteiger charge is -2.38. The van der Waals surface area contributed by atoms with Crippen LogP contribution in [0.3, 0.4) is 0 Å². The fourth-order valence-corrected chi connectivity index (χ4v) is 2.34. The Balaban J connectivity index is 2.19. The summed E-state index contributed by atoms with van der Waals surface area (Å²) in [6, 6.07) is 5.99. The van der Waals surface area contributed by atoms with Crippen LogP contribution >= 0.6 is 0 Å². The first-order valence-electron chi connectivity index (χ1n) is 6.21. The van der Waals surface area contributed by atoms with Gasteiger partial charge in [-0.05, 0) is 30.4 Å². The third-order valence-electron chi connectivity index (χ3n) is 3.72. The average molecular weight is 234 g/mol. The van der Waals surface area contributed by atoms with Crippen LogP contribution in [0, 0.1) is 5.41 Å². The number of para-hydroxylation sites is 1. The largest absolute Gasteiger partial charge is 0.495 e. The van der Waals surface area contributed by atoms with Crippen molar-refractivity contribution in [2.75, 3.05) is 30.8 Å². The zero-order chi connectivity index (χ0) is 12.5. The van der Waals surface area contributed by atoms with Crippen molar-refractivity contribution in [2.45, 2.75) is 26.7 Å². The van der Waals surface area contributed by atoms with E-state index in [1.165, 1.54) is 12.8 Å². The summed E-state index contributed by atoms with van der Waals surface area (Å²) in [6.45, 7) is 6.81. The van der Waals surface area contributed by atoms with E-state index in [1.807, 2.05) is 12.1 Å². The first-order valence-corrected chi connectivity index (χ1v) is 6.21. The van der Waals surface area contributed by atoms with E-state index in [4.69, 9.17) is 10.5 Å². The summed E-state index contributed by atoms with van der Waals surface area (Å²) in [5, 5.41) is 0. The number of anilines is 2. The number of nitrogens with two attached hydrogens (primary N) is 1. The molecule has 3 heteroatoms. The van der Waals surface area contributed by atoms with Gasteiger partial charge in [-0.2, -0.15) is 0 Å². The molecule has 1 heterocycles. The van der Waals surface area contributed by atoms with Crippen LogP contribution in [0.15, 0.2) is 18.2 Å². The third kappa shape index (κ3) is 2.48. The maximum Gasteiger partial charge on any atom is 0.143 e. The van der Waals surface area contributed by atoms with Gasteiger partial charge in [0, 0.05) is 13.1 Å². The third-order valence-corrected chi connectivity index (χ3v) is 3.72. The van der Waals surface area contributed by atoms with Gasteiger partial charge in [-0.25, -0.2) is 0 Å². The molecule has 1 fully saturated rings. The van der Waals surface area contributed by atoms with Crippen molar-refractivity contribution in [1.29, 1.82) is 0 Å². The molecular formula is C14H22N2O. The van der Waals surface area contributed by atoms with Gasteiger partial charge in [0.05, 0.1) is 18.5 Å². The van der Waals surface area contributed by atoms with Crippen LogP contribution in [0.5, 0.6) is 5.75 Å². The molecule has 0 saturated carbocycles. The van der Waals surface area contributed by atoms with Gasteiger partial charge in [0.1, 0.15) is 5.75 Å². The molecule has 1 aromatic carbocycles. The van der Waals surface area contributed by atoms with Crippen LogP contribution in [0.4, 0.5) is 11.4 Å². The number of benzene rings is 1. The molecule has 0 aromatic heterocycles. The fourth-order valence-electron chi connectivity index (χ4n) is 2.34. The van der Waals surface area contributed by atoms with Crippen LogP contribution in [0.25, 0.3) is 0 Å². The smallest absolute Gasteiger partial charge is 0.143 e. The highest BCUT2D eigenvalue weighted by Crippen LogP contribution is 2.37. The first kappa shape index (κ1) is 12.1. The van der Waals surface area contributed by atoms with Crippen molar-refractivity contribution in [3.05, 3.63) is 18.2 Å². The number of nitrogen functional groups attached to an aromatic ring is 1. The Kier molecular flexibility index (Phi) is 3.18. The summed E-state index contributed by atoms with van der Waals surface area (Å²) >= 11 is 0. The van der Waals surface area contributed by atoms with Crippen molar-refractivity contribution in [1.82, 2.24) is 0 Å². The van der Waals surface area contributed by atoms with Crippen molar-refractivity contribution in [3.8, 4) is 5.75 Å². The van der Waals surface area contributed by atoms with Crippen LogP contribution in [0.2, 0.25) is 0 Å². The SMILES string of the molecule is COc1cccc(N2CCC(C)(C)CC2)c1N. The molecule has 0 aliphatic carbocycles. The Hall–Kier alpha value is -1.38. The van der Waals surface area contributed by atoms with E-state index in [1.54, 1.807) is 7.11 Å². The summed E-state index contributed by atoms with van der Waals surface area (Å²) < 4.78 is 5.27. The lowest BCUT2D eigenvalue weighted by atomic mass is 9.82. The lowest BCUT2D eigenvalue weighted by molar-refractivity contribution is 0.280. The standard InChI is InChI=1S/C14H22N2O/c1-14(2)7-9-16(10-8-14)11-5-4-6-12(17-3)13(11)15/h4-6H,7-10,15H2,1-3H3. The highest BCUT2D eigenvalue weighted by atomic mass is 16.5. The normalized spacial score (nSPS) is 19.1. The van der Waals surface area contributed by atoms with Crippen molar-refractivity contribution >= 4 is 11.4 Å². The predicted molar refractivity (Wildman–Crippen MR) is 72.6 cm³/mol. The molecule has 1 aliphatic heterocycles. The van der Waals surface area contributed by atoms with Gasteiger partial charge in [-0.15, -0.1) is 0 Å². The van der Waals surface area contributed by atoms with Gasteiger partial charge in [0.25, 0.3) is 0 Å². The van der Waals surface area contributed by atoms with E-state index < -0.39 is 0 Å². The number of piperidine rings is 1. The average Bonchev–Trinajstić information content (AvgIpc) is 2.30. The van der Waals surface area contributed by atoms with E-state index in [0.29, 0.717) is 5.41 Å². The van der Waals surface area contributed by atoms with Crippen LogP contribution in [0.1, 0.15) is 26.7 Å². The van der Waals surface area contributed by atoms with Crippen LogP contribution in [-0.4, -0.2) is 20.2 Å². The number of rotatable bonds is 2. The van der Waals surface area contributed by atoms with E-state index in [0.717, 1.165) is 30.2 Å². The highest BCUT2D eigenvalue weighted by Gasteiger charge is 2.26. The zero-order valence-electron chi connectivity index (χ0n) is 11.0. The van der Waals surface area contributed by atoms with Crippen LogP contribution in [-0.2, 0) is 0 Å². The second-order valence-electron chi connectivity index (χ2n) is 5.54. The van der Waals surface area contributed by atoms with Gasteiger partial charge in [-0.3, -0.25) is 0 Å². The maximum atomic E-state index is 6.13. The summed E-state index contributed by atoms with van der Waals surface area (Å²) in [6.07, 6.45) is 2.42. The van der Waals surface area contributed by atoms with E-state index >= 15 is 0 Å². The molecule has 0 radical (unpaired) electrons. The summed E-state index contributed by atoms with van der Waals surface area (Å²) in [5.41, 5.74) is 8.46. The van der Waals surface area contributed by atoms with E-state index in [9.17, 15) is 0 Å². The van der Waals surface area contributed by atoms with E-state index in [2.05, 4.69) is 24.8 Å². The molecule has 1 saturated heterocycles. The second-order valence-corrected chi connectivity index (χ2v) is 5.54. The molecule has 94 valence electrons. The molecule has 0 spiro atoms. The van der Waals surface area contributed by atoms with Crippen LogP contribution < -0.4 is 15.4 Å². The summed E-state index contributed by atoms with van der Waals surface area (Å²) in [7, 11) is 1.66. The molecule has 3 nitrogen and oxygen atoms in total. The van der Waals surface area contributed by atoms with Gasteiger partial charge in [-0.1, -0.05) is 19.9 Å². The van der Waals surface area contributed by atoms with Gasteiger partial charge < -0.3 is 15.4 Å². The van der Waals surface area contributed by atoms with Gasteiger partial charge in [0.2, 0.25) is 0 Å². The minimum absolute atomic E-state index is 0.462. The minimum atomic E-state index is 0.462. The van der Waals surface area contributed by atoms with Crippen molar-refractivity contribution < 1.29 is 4.74 Å². The number of hydrogen-bond acceptors (Lipinski definition) is 3. The molecule has 0 unspecified atom stereocenters. The quantitative estimate of drug-likeness (QED) is 0.800. The number of hydrogen-bond donors (Lipinski definition) is 1. The van der Waals surface area contributed by atoms with Gasteiger partial charge >= 0.3 is 0 Å². The molecule has 2 rings (SSSR count). The maximum absolute atomic E-state index is 6.13. The summed E-state index contributed by atoms with van der Waals surface area (Å²) in [4.78, 5) is 2.36. The Bertz CT molecular complexity index is 391. The predicted octanol–water partition coefficient (Wildman–Crippen LogP) is 2.90. The molecular weight excluding hydrogens is 212 g/mol. The molecule has 2 N–H and O–H groups in total. The van der Waals surface area contributed by atoms with Crippen molar-refractivity contribution in [2.24, 2.45) is 5.41 Å². The fraction of sp³-hybridized carbons (Fsp3) is 0.571. The molecule has 1 aliphatic rings. The summed E-state index contributed by atoms with van der Waals surface area (Å²) in [5.74, 6) is 0.771. The first-order chi connectivity index (χ1) is 8.03. The molecule has 0 amide bonds. The van der Waals surface area contributed by atoms with Gasteiger partial charge in [0.15, 0.2) is 0 Å². The number of nitrogens with zero attached hydrogens (tertiary/aromatic N) is 1. The monoisotopic (exact) mass is 234 g/mol. The highest BCUT2D eigenvalue weighted by molar-refractivity contribution is 5.74. The minimum Gasteiger partial charge on any atom is -0.495 e. The Morgan fingerprint density at radius 2 is 1.88 bits per heavy atom. The Morgan fingerprint density at radius 1 is 1.24 bits per heavy atom. The zero-order valence-corrected chi connectivity index (χ0v) is 11.0. The second kappa shape index (κ2) is 4.47. The number of ether oxygens (including phenoxy) is 1.